The maximum atomic E-state index is 13.5. The summed E-state index contributed by atoms with van der Waals surface area (Å²) in [6, 6.07) is 4.44. The van der Waals surface area contributed by atoms with E-state index in [0.717, 1.165) is 12.1 Å². The number of ether oxygens (including phenoxy) is 1. The largest absolute Gasteiger partial charge is 0.481 e. The second-order valence-corrected chi connectivity index (χ2v) is 5.73. The third-order valence-corrected chi connectivity index (χ3v) is 4.13. The Labute approximate surface area is 137 Å². The molecule has 128 valence electrons. The molecular formula is C16H17F2N3O3. The molecule has 0 unspecified atom stereocenters. The summed E-state index contributed by atoms with van der Waals surface area (Å²) in [4.78, 5) is 14.1. The molecule has 0 aliphatic carbocycles. The zero-order valence-corrected chi connectivity index (χ0v) is 13.2. The Hall–Kier alpha value is -2.48. The van der Waals surface area contributed by atoms with Crippen molar-refractivity contribution in [2.45, 2.75) is 18.6 Å². The zero-order valence-electron chi connectivity index (χ0n) is 13.2. The first-order chi connectivity index (χ1) is 11.4. The maximum Gasteiger partial charge on any atom is 0.275 e. The van der Waals surface area contributed by atoms with Crippen LogP contribution < -0.4 is 4.74 Å². The van der Waals surface area contributed by atoms with E-state index in [1.54, 1.807) is 7.05 Å². The number of carbonyl (C=O) groups is 1. The molecule has 2 atom stereocenters. The third kappa shape index (κ3) is 2.84. The molecule has 1 aliphatic heterocycles. The van der Waals surface area contributed by atoms with Crippen LogP contribution in [0.3, 0.4) is 0 Å². The number of halogens is 2. The molecule has 1 N–H and O–H groups in total. The number of methoxy groups -OCH3 is 1. The van der Waals surface area contributed by atoms with Gasteiger partial charge in [-0.05, 0) is 24.1 Å². The van der Waals surface area contributed by atoms with E-state index in [0.29, 0.717) is 11.4 Å². The van der Waals surface area contributed by atoms with Gasteiger partial charge >= 0.3 is 0 Å². The fourth-order valence-electron chi connectivity index (χ4n) is 2.97. The van der Waals surface area contributed by atoms with E-state index in [2.05, 4.69) is 5.10 Å². The predicted octanol–water partition coefficient (Wildman–Crippen LogP) is 1.66. The van der Waals surface area contributed by atoms with E-state index >= 15 is 0 Å². The van der Waals surface area contributed by atoms with E-state index in [1.165, 1.54) is 28.8 Å². The van der Waals surface area contributed by atoms with Crippen molar-refractivity contribution < 1.29 is 23.4 Å². The first kappa shape index (κ1) is 16.4. The van der Waals surface area contributed by atoms with Crippen LogP contribution in [0.4, 0.5) is 8.78 Å². The van der Waals surface area contributed by atoms with Gasteiger partial charge in [-0.2, -0.15) is 5.10 Å². The van der Waals surface area contributed by atoms with Gasteiger partial charge in [-0.25, -0.2) is 13.5 Å². The molecule has 1 aliphatic rings. The SMILES string of the molecule is COc1cc(C(=O)N2C[C@@H](O)C[C@H]2c2ccc(F)c(F)c2)nn1C. The molecule has 3 rings (SSSR count). The smallest absolute Gasteiger partial charge is 0.275 e. The van der Waals surface area contributed by atoms with Crippen molar-refractivity contribution in [1.29, 1.82) is 0 Å². The molecule has 24 heavy (non-hydrogen) atoms. The average Bonchev–Trinajstić information content (AvgIpc) is 3.12. The lowest BCUT2D eigenvalue weighted by Gasteiger charge is -2.24. The van der Waals surface area contributed by atoms with Crippen LogP contribution in [-0.4, -0.2) is 45.5 Å². The Bertz CT molecular complexity index is 778. The fraction of sp³-hybridized carbons (Fsp3) is 0.375. The summed E-state index contributed by atoms with van der Waals surface area (Å²) in [5.41, 5.74) is 0.595. The van der Waals surface area contributed by atoms with E-state index in [1.807, 2.05) is 0 Å². The van der Waals surface area contributed by atoms with Crippen molar-refractivity contribution in [2.24, 2.45) is 7.05 Å². The molecule has 1 amide bonds. The van der Waals surface area contributed by atoms with Crippen LogP contribution >= 0.6 is 0 Å². The van der Waals surface area contributed by atoms with Gasteiger partial charge < -0.3 is 14.7 Å². The van der Waals surface area contributed by atoms with Gasteiger partial charge in [0.2, 0.25) is 5.88 Å². The highest BCUT2D eigenvalue weighted by molar-refractivity contribution is 5.93. The molecule has 2 heterocycles. The lowest BCUT2D eigenvalue weighted by molar-refractivity contribution is 0.0709. The van der Waals surface area contributed by atoms with Crippen molar-refractivity contribution >= 4 is 5.91 Å². The molecule has 0 bridgehead atoms. The summed E-state index contributed by atoms with van der Waals surface area (Å²) in [7, 11) is 3.11. The number of rotatable bonds is 3. The maximum absolute atomic E-state index is 13.5. The Kier molecular flexibility index (Phi) is 4.23. The number of carbonyl (C=O) groups excluding carboxylic acids is 1. The van der Waals surface area contributed by atoms with Crippen LogP contribution in [0.15, 0.2) is 24.3 Å². The lowest BCUT2D eigenvalue weighted by Crippen LogP contribution is -2.32. The second-order valence-electron chi connectivity index (χ2n) is 5.73. The monoisotopic (exact) mass is 337 g/mol. The molecule has 0 saturated carbocycles. The highest BCUT2D eigenvalue weighted by Gasteiger charge is 2.37. The zero-order chi connectivity index (χ0) is 17.4. The summed E-state index contributed by atoms with van der Waals surface area (Å²) in [5.74, 6) is -1.92. The average molecular weight is 337 g/mol. The summed E-state index contributed by atoms with van der Waals surface area (Å²) in [6.45, 7) is 0.0986. The number of hydrogen-bond donors (Lipinski definition) is 1. The summed E-state index contributed by atoms with van der Waals surface area (Å²) >= 11 is 0. The lowest BCUT2D eigenvalue weighted by atomic mass is 10.0. The molecule has 1 fully saturated rings. The molecule has 8 heteroatoms. The van der Waals surface area contributed by atoms with Crippen LogP contribution in [0.5, 0.6) is 5.88 Å². The number of hydrogen-bond acceptors (Lipinski definition) is 4. The van der Waals surface area contributed by atoms with Gasteiger partial charge in [0.25, 0.3) is 5.91 Å². The highest BCUT2D eigenvalue weighted by Crippen LogP contribution is 2.34. The number of amides is 1. The predicted molar refractivity (Wildman–Crippen MR) is 80.5 cm³/mol. The van der Waals surface area contributed by atoms with Crippen LogP contribution in [-0.2, 0) is 7.05 Å². The van der Waals surface area contributed by atoms with Gasteiger partial charge in [-0.3, -0.25) is 4.79 Å². The third-order valence-electron chi connectivity index (χ3n) is 4.13. The normalized spacial score (nSPS) is 20.5. The number of aromatic nitrogens is 2. The number of benzene rings is 1. The topological polar surface area (TPSA) is 67.6 Å². The summed E-state index contributed by atoms with van der Waals surface area (Å²) in [5, 5.41) is 14.0. The van der Waals surface area contributed by atoms with Gasteiger partial charge in [-0.15, -0.1) is 0 Å². The van der Waals surface area contributed by atoms with Gasteiger partial charge in [0.15, 0.2) is 17.3 Å². The summed E-state index contributed by atoms with van der Waals surface area (Å²) in [6.07, 6.45) is -0.487. The number of aliphatic hydroxyl groups excluding tert-OH is 1. The minimum Gasteiger partial charge on any atom is -0.481 e. The fourth-order valence-corrected chi connectivity index (χ4v) is 2.97. The number of aliphatic hydroxyl groups is 1. The first-order valence-corrected chi connectivity index (χ1v) is 7.42. The van der Waals surface area contributed by atoms with Crippen molar-refractivity contribution in [1.82, 2.24) is 14.7 Å². The van der Waals surface area contributed by atoms with Crippen molar-refractivity contribution in [3.63, 3.8) is 0 Å². The Balaban J connectivity index is 1.92. The van der Waals surface area contributed by atoms with E-state index in [-0.39, 0.29) is 18.7 Å². The molecular weight excluding hydrogens is 320 g/mol. The second kappa shape index (κ2) is 6.20. The van der Waals surface area contributed by atoms with Gasteiger partial charge in [-0.1, -0.05) is 6.07 Å². The van der Waals surface area contributed by atoms with Crippen molar-refractivity contribution in [3.05, 3.63) is 47.2 Å². The minimum absolute atomic E-state index is 0.0986. The molecule has 1 aromatic carbocycles. The molecule has 0 radical (unpaired) electrons. The van der Waals surface area contributed by atoms with Crippen LogP contribution in [0, 0.1) is 11.6 Å². The number of nitrogens with zero attached hydrogens (tertiary/aromatic N) is 3. The Morgan fingerprint density at radius 3 is 2.71 bits per heavy atom. The number of likely N-dealkylation sites (tertiary alicyclic amines) is 1. The van der Waals surface area contributed by atoms with E-state index < -0.39 is 29.7 Å². The van der Waals surface area contributed by atoms with Gasteiger partial charge in [0, 0.05) is 19.7 Å². The molecule has 0 spiro atoms. The standard InChI is InChI=1S/C16H17F2N3O3/c1-20-15(24-2)7-13(19-20)16(23)21-8-10(22)6-14(21)9-3-4-11(17)12(18)5-9/h3-5,7,10,14,22H,6,8H2,1-2H3/t10-,14-/m0/s1. The molecule has 1 aromatic heterocycles. The number of aryl methyl sites for hydroxylation is 1. The van der Waals surface area contributed by atoms with E-state index in [9.17, 15) is 18.7 Å². The Morgan fingerprint density at radius 2 is 2.08 bits per heavy atom. The Morgan fingerprint density at radius 1 is 1.33 bits per heavy atom. The summed E-state index contributed by atoms with van der Waals surface area (Å²) < 4.78 is 33.2. The first-order valence-electron chi connectivity index (χ1n) is 7.42. The number of β-amino-alcohol motifs (C(OH)–C–C–N with tert-alkyl or cyclic N) is 1. The molecule has 1 saturated heterocycles. The van der Waals surface area contributed by atoms with Crippen LogP contribution in [0.2, 0.25) is 0 Å². The van der Waals surface area contributed by atoms with E-state index in [4.69, 9.17) is 4.74 Å². The molecule has 2 aromatic rings. The quantitative estimate of drug-likeness (QED) is 0.925. The van der Waals surface area contributed by atoms with Crippen LogP contribution in [0.25, 0.3) is 0 Å². The van der Waals surface area contributed by atoms with Crippen LogP contribution in [0.1, 0.15) is 28.5 Å². The van der Waals surface area contributed by atoms with Gasteiger partial charge in [0.1, 0.15) is 0 Å². The highest BCUT2D eigenvalue weighted by atomic mass is 19.2. The van der Waals surface area contributed by atoms with Crippen molar-refractivity contribution in [2.75, 3.05) is 13.7 Å². The van der Waals surface area contributed by atoms with Gasteiger partial charge in [0.05, 0.1) is 19.3 Å². The molecule has 6 nitrogen and oxygen atoms in total. The minimum atomic E-state index is -0.985. The van der Waals surface area contributed by atoms with Crippen molar-refractivity contribution in [3.8, 4) is 5.88 Å².